The summed E-state index contributed by atoms with van der Waals surface area (Å²) in [5.74, 6) is 0.458. The predicted molar refractivity (Wildman–Crippen MR) is 79.6 cm³/mol. The number of nitrogens with one attached hydrogen (secondary N) is 1. The molecular weight excluding hydrogens is 324 g/mol. The average molecular weight is 341 g/mol. The molecule has 2 rings (SSSR count). The number of methoxy groups -OCH3 is 1. The molecule has 1 unspecified atom stereocenters. The summed E-state index contributed by atoms with van der Waals surface area (Å²) in [5, 5.41) is 7.33. The van der Waals surface area contributed by atoms with E-state index in [1.54, 1.807) is 10.7 Å². The molecule has 6 nitrogen and oxygen atoms in total. The summed E-state index contributed by atoms with van der Waals surface area (Å²) in [7, 11) is 1.38. The number of nitrogens with zero attached hydrogens (tertiary/aromatic N) is 3. The van der Waals surface area contributed by atoms with Gasteiger partial charge < -0.3 is 10.1 Å². The van der Waals surface area contributed by atoms with E-state index in [0.717, 1.165) is 4.47 Å². The van der Waals surface area contributed by atoms with Gasteiger partial charge in [-0.2, -0.15) is 4.98 Å². The van der Waals surface area contributed by atoms with E-state index in [9.17, 15) is 4.79 Å². The first-order valence-electron chi connectivity index (χ1n) is 6.36. The molecule has 108 valence electrons. The van der Waals surface area contributed by atoms with Gasteiger partial charge >= 0.3 is 5.97 Å². The maximum atomic E-state index is 11.8. The van der Waals surface area contributed by atoms with Gasteiger partial charge in [-0.25, -0.2) is 9.31 Å². The number of anilines is 1. The molecule has 0 bridgehead atoms. The molecule has 0 aliphatic rings. The third kappa shape index (κ3) is 3.27. The number of esters is 1. The van der Waals surface area contributed by atoms with Crippen molar-refractivity contribution in [3.05, 3.63) is 22.8 Å². The largest absolute Gasteiger partial charge is 0.467 e. The smallest absolute Gasteiger partial charge is 0.328 e. The Morgan fingerprint density at radius 2 is 2.30 bits per heavy atom. The monoisotopic (exact) mass is 340 g/mol. The number of rotatable bonds is 5. The van der Waals surface area contributed by atoms with Crippen LogP contribution in [-0.4, -0.2) is 33.7 Å². The molecule has 7 heteroatoms. The second-order valence-corrected chi connectivity index (χ2v) is 5.76. The SMILES string of the molecule is COC(=O)C(CC(C)C)Nc1nc2c(Br)cccn2n1. The van der Waals surface area contributed by atoms with Crippen molar-refractivity contribution in [2.24, 2.45) is 5.92 Å². The summed E-state index contributed by atoms with van der Waals surface area (Å²) < 4.78 is 7.31. The predicted octanol–water partition coefficient (Wildman–Crippen LogP) is 2.49. The van der Waals surface area contributed by atoms with E-state index in [0.29, 0.717) is 23.9 Å². The second-order valence-electron chi connectivity index (χ2n) is 4.91. The van der Waals surface area contributed by atoms with Crippen molar-refractivity contribution in [3.8, 4) is 0 Å². The van der Waals surface area contributed by atoms with Crippen LogP contribution in [0.15, 0.2) is 22.8 Å². The first-order valence-corrected chi connectivity index (χ1v) is 7.15. The van der Waals surface area contributed by atoms with Gasteiger partial charge in [-0.3, -0.25) is 0 Å². The molecule has 0 spiro atoms. The Labute approximate surface area is 125 Å². The molecule has 0 aliphatic heterocycles. The molecule has 0 saturated heterocycles. The highest BCUT2D eigenvalue weighted by molar-refractivity contribution is 9.10. The number of hydrogen-bond donors (Lipinski definition) is 1. The van der Waals surface area contributed by atoms with Gasteiger partial charge in [0.05, 0.1) is 11.6 Å². The fraction of sp³-hybridized carbons (Fsp3) is 0.462. The van der Waals surface area contributed by atoms with Crippen molar-refractivity contribution in [2.75, 3.05) is 12.4 Å². The molecule has 20 heavy (non-hydrogen) atoms. The van der Waals surface area contributed by atoms with Crippen LogP contribution in [0.4, 0.5) is 5.95 Å². The Kier molecular flexibility index (Phi) is 4.59. The van der Waals surface area contributed by atoms with Crippen LogP contribution < -0.4 is 5.32 Å². The van der Waals surface area contributed by atoms with Crippen LogP contribution in [0.3, 0.4) is 0 Å². The zero-order valence-corrected chi connectivity index (χ0v) is 13.2. The third-order valence-corrected chi connectivity index (χ3v) is 3.43. The lowest BCUT2D eigenvalue weighted by Crippen LogP contribution is -2.32. The van der Waals surface area contributed by atoms with Gasteiger partial charge in [0.2, 0.25) is 5.95 Å². The van der Waals surface area contributed by atoms with E-state index in [4.69, 9.17) is 4.74 Å². The lowest BCUT2D eigenvalue weighted by atomic mass is 10.0. The number of halogens is 1. The maximum Gasteiger partial charge on any atom is 0.328 e. The standard InChI is InChI=1S/C13H17BrN4O2/c1-8(2)7-10(12(19)20-3)15-13-16-11-9(14)5-4-6-18(11)17-13/h4-6,8,10H,7H2,1-3H3,(H,15,17). The first-order chi connectivity index (χ1) is 9.51. The summed E-state index contributed by atoms with van der Waals surface area (Å²) in [6, 6.07) is 3.30. The van der Waals surface area contributed by atoms with Crippen LogP contribution in [0.1, 0.15) is 20.3 Å². The summed E-state index contributed by atoms with van der Waals surface area (Å²) in [6.07, 6.45) is 2.46. The lowest BCUT2D eigenvalue weighted by molar-refractivity contribution is -0.141. The normalized spacial score (nSPS) is 12.7. The van der Waals surface area contributed by atoms with E-state index < -0.39 is 6.04 Å². The summed E-state index contributed by atoms with van der Waals surface area (Å²) in [5.41, 5.74) is 0.697. The van der Waals surface area contributed by atoms with Crippen molar-refractivity contribution in [2.45, 2.75) is 26.3 Å². The molecule has 0 fully saturated rings. The van der Waals surface area contributed by atoms with Crippen molar-refractivity contribution < 1.29 is 9.53 Å². The topological polar surface area (TPSA) is 68.5 Å². The third-order valence-electron chi connectivity index (χ3n) is 2.81. The van der Waals surface area contributed by atoms with E-state index in [-0.39, 0.29) is 5.97 Å². The molecule has 2 aromatic heterocycles. The quantitative estimate of drug-likeness (QED) is 0.847. The van der Waals surface area contributed by atoms with Crippen molar-refractivity contribution in [1.29, 1.82) is 0 Å². The number of carbonyl (C=O) groups is 1. The van der Waals surface area contributed by atoms with E-state index >= 15 is 0 Å². The Hall–Kier alpha value is -1.63. The van der Waals surface area contributed by atoms with Crippen molar-refractivity contribution >= 4 is 33.5 Å². The molecular formula is C13H17BrN4O2. The molecule has 0 radical (unpaired) electrons. The van der Waals surface area contributed by atoms with Crippen LogP contribution in [-0.2, 0) is 9.53 Å². The van der Waals surface area contributed by atoms with Crippen LogP contribution in [0.2, 0.25) is 0 Å². The summed E-state index contributed by atoms with van der Waals surface area (Å²) >= 11 is 3.42. The summed E-state index contributed by atoms with van der Waals surface area (Å²) in [6.45, 7) is 4.09. The van der Waals surface area contributed by atoms with Gasteiger partial charge in [-0.05, 0) is 40.4 Å². The van der Waals surface area contributed by atoms with E-state index in [1.165, 1.54) is 7.11 Å². The number of carbonyl (C=O) groups excluding carboxylic acids is 1. The Bertz CT molecular complexity index is 611. The molecule has 0 amide bonds. The highest BCUT2D eigenvalue weighted by atomic mass is 79.9. The highest BCUT2D eigenvalue weighted by Crippen LogP contribution is 2.18. The van der Waals surface area contributed by atoms with E-state index in [1.807, 2.05) is 26.0 Å². The number of ether oxygens (including phenoxy) is 1. The van der Waals surface area contributed by atoms with Crippen molar-refractivity contribution in [3.63, 3.8) is 0 Å². The van der Waals surface area contributed by atoms with Gasteiger partial charge in [-0.15, -0.1) is 5.10 Å². The minimum atomic E-state index is -0.448. The summed E-state index contributed by atoms with van der Waals surface area (Å²) in [4.78, 5) is 16.1. The highest BCUT2D eigenvalue weighted by Gasteiger charge is 2.22. The zero-order chi connectivity index (χ0) is 14.7. The second kappa shape index (κ2) is 6.21. The number of pyridine rings is 1. The molecule has 0 aromatic carbocycles. The van der Waals surface area contributed by atoms with E-state index in [2.05, 4.69) is 31.3 Å². The maximum absolute atomic E-state index is 11.8. The Morgan fingerprint density at radius 1 is 1.55 bits per heavy atom. The van der Waals surface area contributed by atoms with Crippen LogP contribution in [0, 0.1) is 5.92 Å². The molecule has 0 saturated carbocycles. The van der Waals surface area contributed by atoms with Gasteiger partial charge in [0.1, 0.15) is 6.04 Å². The fourth-order valence-corrected chi connectivity index (χ4v) is 2.34. The number of hydrogen-bond acceptors (Lipinski definition) is 5. The zero-order valence-electron chi connectivity index (χ0n) is 11.6. The van der Waals surface area contributed by atoms with Crippen LogP contribution in [0.25, 0.3) is 5.65 Å². The first kappa shape index (κ1) is 14.8. The number of aromatic nitrogens is 3. The fourth-order valence-electron chi connectivity index (χ4n) is 1.92. The van der Waals surface area contributed by atoms with Crippen LogP contribution >= 0.6 is 15.9 Å². The van der Waals surface area contributed by atoms with Crippen LogP contribution in [0.5, 0.6) is 0 Å². The van der Waals surface area contributed by atoms with Gasteiger partial charge in [0.25, 0.3) is 0 Å². The Morgan fingerprint density at radius 3 is 2.90 bits per heavy atom. The van der Waals surface area contributed by atoms with Gasteiger partial charge in [0.15, 0.2) is 5.65 Å². The van der Waals surface area contributed by atoms with Gasteiger partial charge in [0, 0.05) is 6.20 Å². The Balaban J connectivity index is 2.24. The van der Waals surface area contributed by atoms with Gasteiger partial charge in [-0.1, -0.05) is 13.8 Å². The molecule has 2 heterocycles. The average Bonchev–Trinajstić information content (AvgIpc) is 2.80. The molecule has 0 aliphatic carbocycles. The number of fused-ring (bicyclic) bond motifs is 1. The minimum Gasteiger partial charge on any atom is -0.467 e. The van der Waals surface area contributed by atoms with Crippen molar-refractivity contribution in [1.82, 2.24) is 14.6 Å². The lowest BCUT2D eigenvalue weighted by Gasteiger charge is -2.16. The molecule has 2 aromatic rings. The molecule has 1 atom stereocenters. The minimum absolute atomic E-state index is 0.309. The molecule has 1 N–H and O–H groups in total.